The van der Waals surface area contributed by atoms with Crippen LogP contribution in [0, 0.1) is 23.2 Å². The maximum Gasteiger partial charge on any atom is 0.230 e. The van der Waals surface area contributed by atoms with Gasteiger partial charge in [0.05, 0.1) is 22.0 Å². The Morgan fingerprint density at radius 2 is 1.89 bits per heavy atom. The largest absolute Gasteiger partial charge is 0.355 e. The topological polar surface area (TPSA) is 57.8 Å². The molecular formula is C22H29N3OS. The van der Waals surface area contributed by atoms with Gasteiger partial charge in [-0.1, -0.05) is 12.1 Å². The molecule has 4 fully saturated rings. The first kappa shape index (κ1) is 17.6. The van der Waals surface area contributed by atoms with Crippen LogP contribution in [0.15, 0.2) is 24.3 Å². The molecule has 4 nitrogen and oxygen atoms in total. The summed E-state index contributed by atoms with van der Waals surface area (Å²) in [6, 6.07) is 8.08. The average molecular weight is 384 g/mol. The number of hydrogen-bond donors (Lipinski definition) is 2. The number of nitrogens with zero attached hydrogens (tertiary/aromatic N) is 1. The molecule has 1 heterocycles. The monoisotopic (exact) mass is 383 g/mol. The number of para-hydroxylation sites is 2. The lowest BCUT2D eigenvalue weighted by molar-refractivity contribution is -0.120. The molecule has 27 heavy (non-hydrogen) atoms. The van der Waals surface area contributed by atoms with E-state index in [0.29, 0.717) is 11.2 Å². The molecule has 5 heteroatoms. The number of carbonyl (C=O) groups is 1. The van der Waals surface area contributed by atoms with Crippen LogP contribution in [0.5, 0.6) is 0 Å². The highest BCUT2D eigenvalue weighted by Gasteiger charge is 2.50. The van der Waals surface area contributed by atoms with Crippen LogP contribution in [-0.2, 0) is 4.79 Å². The number of amides is 1. The summed E-state index contributed by atoms with van der Waals surface area (Å²) in [4.78, 5) is 20.5. The predicted molar refractivity (Wildman–Crippen MR) is 111 cm³/mol. The molecule has 2 aromatic rings. The molecule has 0 spiro atoms. The van der Waals surface area contributed by atoms with Gasteiger partial charge in [-0.15, -0.1) is 11.8 Å². The fourth-order valence-corrected chi connectivity index (χ4v) is 7.06. The van der Waals surface area contributed by atoms with Crippen LogP contribution in [0.3, 0.4) is 0 Å². The smallest absolute Gasteiger partial charge is 0.230 e. The Morgan fingerprint density at radius 1 is 1.22 bits per heavy atom. The predicted octanol–water partition coefficient (Wildman–Crippen LogP) is 4.69. The van der Waals surface area contributed by atoms with E-state index in [1.807, 2.05) is 24.3 Å². The molecular weight excluding hydrogens is 354 g/mol. The normalized spacial score (nSPS) is 32.7. The minimum absolute atomic E-state index is 0.179. The summed E-state index contributed by atoms with van der Waals surface area (Å²) in [6.07, 6.45) is 8.42. The molecule has 2 N–H and O–H groups in total. The van der Waals surface area contributed by atoms with E-state index in [9.17, 15) is 4.79 Å². The maximum absolute atomic E-state index is 12.5. The van der Waals surface area contributed by atoms with Crippen molar-refractivity contribution < 1.29 is 4.79 Å². The lowest BCUT2D eigenvalue weighted by Crippen LogP contribution is -2.51. The molecule has 1 aromatic heterocycles. The van der Waals surface area contributed by atoms with E-state index in [0.717, 1.165) is 41.2 Å². The van der Waals surface area contributed by atoms with E-state index in [1.165, 1.54) is 38.5 Å². The summed E-state index contributed by atoms with van der Waals surface area (Å²) >= 11 is 1.66. The number of benzene rings is 1. The Balaban J connectivity index is 1.13. The van der Waals surface area contributed by atoms with Crippen molar-refractivity contribution in [3.63, 3.8) is 0 Å². The van der Waals surface area contributed by atoms with Crippen molar-refractivity contribution in [3.8, 4) is 0 Å². The fraction of sp³-hybridized carbons (Fsp3) is 0.636. The molecule has 4 aliphatic rings. The zero-order valence-electron chi connectivity index (χ0n) is 16.0. The standard InChI is InChI=1S/C22H29N3OS/c1-14(21-24-18-4-2-3-5-19(18)25-21)27-12-20(26)23-13-22-9-15-6-16(10-22)8-17(7-15)11-22/h2-5,14-17H,6-13H2,1H3,(H,23,26)(H,24,25)/t14-,15?,16?,17?,22?/m1/s1. The van der Waals surface area contributed by atoms with Crippen LogP contribution >= 0.6 is 11.8 Å². The Hall–Kier alpha value is -1.49. The molecule has 0 radical (unpaired) electrons. The number of H-pyrrole nitrogens is 1. The minimum Gasteiger partial charge on any atom is -0.355 e. The van der Waals surface area contributed by atoms with Crippen LogP contribution in [0.1, 0.15) is 56.5 Å². The van der Waals surface area contributed by atoms with Crippen molar-refractivity contribution in [1.29, 1.82) is 0 Å². The number of fused-ring (bicyclic) bond motifs is 1. The maximum atomic E-state index is 12.5. The van der Waals surface area contributed by atoms with Crippen LogP contribution in [0.25, 0.3) is 11.0 Å². The average Bonchev–Trinajstić information content (AvgIpc) is 3.08. The van der Waals surface area contributed by atoms with Gasteiger partial charge in [-0.3, -0.25) is 4.79 Å². The van der Waals surface area contributed by atoms with Gasteiger partial charge in [0.1, 0.15) is 5.82 Å². The molecule has 4 bridgehead atoms. The van der Waals surface area contributed by atoms with Gasteiger partial charge < -0.3 is 10.3 Å². The number of aromatic nitrogens is 2. The van der Waals surface area contributed by atoms with E-state index in [-0.39, 0.29) is 11.2 Å². The molecule has 0 saturated heterocycles. The Morgan fingerprint density at radius 3 is 2.56 bits per heavy atom. The quantitative estimate of drug-likeness (QED) is 0.761. The van der Waals surface area contributed by atoms with Gasteiger partial charge in [0, 0.05) is 6.54 Å². The summed E-state index contributed by atoms with van der Waals surface area (Å²) in [7, 11) is 0. The molecule has 1 aromatic carbocycles. The molecule has 144 valence electrons. The highest BCUT2D eigenvalue weighted by molar-refractivity contribution is 8.00. The molecule has 1 atom stereocenters. The summed E-state index contributed by atoms with van der Waals surface area (Å²) in [5, 5.41) is 3.47. The number of hydrogen-bond acceptors (Lipinski definition) is 3. The Labute approximate surface area is 165 Å². The second-order valence-electron chi connectivity index (χ2n) is 9.29. The highest BCUT2D eigenvalue weighted by Crippen LogP contribution is 2.59. The van der Waals surface area contributed by atoms with Crippen molar-refractivity contribution in [1.82, 2.24) is 15.3 Å². The van der Waals surface area contributed by atoms with E-state index in [2.05, 4.69) is 22.2 Å². The third-order valence-electron chi connectivity index (χ3n) is 7.08. The van der Waals surface area contributed by atoms with Crippen LogP contribution < -0.4 is 5.32 Å². The van der Waals surface area contributed by atoms with Gasteiger partial charge in [0.2, 0.25) is 5.91 Å². The lowest BCUT2D eigenvalue weighted by Gasteiger charge is -2.56. The second kappa shape index (κ2) is 6.84. The van der Waals surface area contributed by atoms with E-state index in [4.69, 9.17) is 0 Å². The molecule has 4 aliphatic carbocycles. The van der Waals surface area contributed by atoms with Gasteiger partial charge in [-0.05, 0) is 80.8 Å². The molecule has 6 rings (SSSR count). The van der Waals surface area contributed by atoms with Crippen molar-refractivity contribution >= 4 is 28.7 Å². The van der Waals surface area contributed by atoms with E-state index in [1.54, 1.807) is 11.8 Å². The number of imidazole rings is 1. The first-order valence-corrected chi connectivity index (χ1v) is 11.5. The van der Waals surface area contributed by atoms with E-state index >= 15 is 0 Å². The SMILES string of the molecule is C[C@@H](SCC(=O)NCC12CC3CC(CC(C3)C1)C2)c1nc2ccccc2[nH]1. The second-order valence-corrected chi connectivity index (χ2v) is 10.6. The first-order chi connectivity index (χ1) is 13.1. The van der Waals surface area contributed by atoms with Crippen LogP contribution in [-0.4, -0.2) is 28.2 Å². The van der Waals surface area contributed by atoms with Crippen molar-refractivity contribution in [2.24, 2.45) is 23.2 Å². The summed E-state index contributed by atoms with van der Waals surface area (Å²) < 4.78 is 0. The molecule has 1 amide bonds. The number of nitrogens with one attached hydrogen (secondary N) is 2. The highest BCUT2D eigenvalue weighted by atomic mass is 32.2. The van der Waals surface area contributed by atoms with Crippen molar-refractivity contribution in [2.45, 2.75) is 50.7 Å². The number of rotatable bonds is 6. The zero-order valence-corrected chi connectivity index (χ0v) is 16.9. The van der Waals surface area contributed by atoms with Crippen molar-refractivity contribution in [2.75, 3.05) is 12.3 Å². The third-order valence-corrected chi connectivity index (χ3v) is 8.23. The van der Waals surface area contributed by atoms with Gasteiger partial charge in [0.15, 0.2) is 0 Å². The number of aromatic amines is 1. The van der Waals surface area contributed by atoms with Crippen molar-refractivity contribution in [3.05, 3.63) is 30.1 Å². The Bertz CT molecular complexity index is 777. The van der Waals surface area contributed by atoms with Crippen LogP contribution in [0.2, 0.25) is 0 Å². The molecule has 0 aliphatic heterocycles. The van der Waals surface area contributed by atoms with Gasteiger partial charge in [-0.25, -0.2) is 4.98 Å². The van der Waals surface area contributed by atoms with Gasteiger partial charge in [0.25, 0.3) is 0 Å². The zero-order chi connectivity index (χ0) is 18.4. The number of thioether (sulfide) groups is 1. The molecule has 0 unspecified atom stereocenters. The van der Waals surface area contributed by atoms with Gasteiger partial charge in [-0.2, -0.15) is 0 Å². The summed E-state index contributed by atoms with van der Waals surface area (Å²) in [6.45, 7) is 3.02. The number of carbonyl (C=O) groups excluding carboxylic acids is 1. The lowest BCUT2D eigenvalue weighted by atomic mass is 9.49. The van der Waals surface area contributed by atoms with Gasteiger partial charge >= 0.3 is 0 Å². The summed E-state index contributed by atoms with van der Waals surface area (Å²) in [5.41, 5.74) is 2.47. The minimum atomic E-state index is 0.179. The van der Waals surface area contributed by atoms with Crippen LogP contribution in [0.4, 0.5) is 0 Å². The third kappa shape index (κ3) is 3.51. The van der Waals surface area contributed by atoms with E-state index < -0.39 is 0 Å². The Kier molecular flexibility index (Phi) is 4.46. The first-order valence-electron chi connectivity index (χ1n) is 10.4. The summed E-state index contributed by atoms with van der Waals surface area (Å²) in [5.74, 6) is 4.46. The molecule has 4 saturated carbocycles. The fourth-order valence-electron chi connectivity index (χ4n) is 6.29.